The van der Waals surface area contributed by atoms with Crippen molar-refractivity contribution in [3.05, 3.63) is 0 Å². The summed E-state index contributed by atoms with van der Waals surface area (Å²) in [7, 11) is -32.3. The van der Waals surface area contributed by atoms with Gasteiger partial charge in [-0.3, -0.25) is 0 Å². The first-order valence-corrected chi connectivity index (χ1v) is 56.4. The molecule has 0 heterocycles. The van der Waals surface area contributed by atoms with Crippen molar-refractivity contribution in [2.75, 3.05) is 26.9 Å². The molecule has 0 amide bonds. The molecular weight excluding hydrogens is 1010 g/mol. The predicted octanol–water partition coefficient (Wildman–Crippen LogP) is -5.13. The Balaban J connectivity index is 9.21. The Bertz CT molecular complexity index is 1070. The summed E-state index contributed by atoms with van der Waals surface area (Å²) in [5.74, 6) is 0. The summed E-state index contributed by atoms with van der Waals surface area (Å²) in [6.45, 7) is 5.32. The van der Waals surface area contributed by atoms with Crippen LogP contribution in [0.5, 0.6) is 0 Å². The van der Waals surface area contributed by atoms with Gasteiger partial charge in [-0.15, -0.1) is 0 Å². The molecule has 0 aromatic carbocycles. The maximum Gasteiger partial charge on any atom is 0.500 e. The van der Waals surface area contributed by atoms with E-state index in [4.69, 9.17) is 42.4 Å². The lowest BCUT2D eigenvalue weighted by Gasteiger charge is -2.63. The molecule has 0 spiro atoms. The quantitative estimate of drug-likeness (QED) is 0.0294. The minimum Gasteiger partial charge on any atom is -0.437 e. The third-order valence-electron chi connectivity index (χ3n) is 7.78. The van der Waals surface area contributed by atoms with E-state index in [1.165, 1.54) is 20.2 Å². The van der Waals surface area contributed by atoms with Crippen molar-refractivity contribution >= 4 is 154 Å². The molecule has 0 aliphatic rings. The zero-order chi connectivity index (χ0) is 42.6. The van der Waals surface area contributed by atoms with Crippen LogP contribution in [0.2, 0.25) is 64.5 Å². The van der Waals surface area contributed by atoms with E-state index < -0.39 is 144 Å². The van der Waals surface area contributed by atoms with E-state index in [0.717, 1.165) is 0 Å². The van der Waals surface area contributed by atoms with Crippen molar-refractivity contribution in [1.82, 2.24) is 0 Å². The van der Waals surface area contributed by atoms with Crippen LogP contribution in [0.4, 0.5) is 0 Å². The molecule has 0 saturated heterocycles. The van der Waals surface area contributed by atoms with Crippen LogP contribution < -0.4 is 0 Å². The Kier molecular flexibility index (Phi) is 24.9. The van der Waals surface area contributed by atoms with Crippen LogP contribution in [0.15, 0.2) is 0 Å². The van der Waals surface area contributed by atoms with Crippen molar-refractivity contribution in [2.45, 2.75) is 85.2 Å². The average molecular weight is 1070 g/mol. The van der Waals surface area contributed by atoms with Crippen molar-refractivity contribution in [3.8, 4) is 0 Å². The van der Waals surface area contributed by atoms with Gasteiger partial charge in [-0.1, -0.05) is 0 Å². The van der Waals surface area contributed by atoms with Gasteiger partial charge >= 0.3 is 62.6 Å². The Morgan fingerprint density at radius 2 is 1.02 bits per heavy atom. The highest BCUT2D eigenvalue weighted by Crippen LogP contribution is 2.47. The number of rotatable bonds is 31. The third kappa shape index (κ3) is 12.9. The summed E-state index contributed by atoms with van der Waals surface area (Å²) in [4.78, 5) is 103. The molecule has 0 aliphatic carbocycles. The van der Waals surface area contributed by atoms with Gasteiger partial charge in [0.05, 0.1) is 0 Å². The van der Waals surface area contributed by atoms with Gasteiger partial charge in [0, 0.05) is 42.7 Å². The van der Waals surface area contributed by atoms with Crippen LogP contribution in [0.1, 0.15) is 20.8 Å². The highest BCUT2D eigenvalue weighted by molar-refractivity contribution is 8.10. The van der Waals surface area contributed by atoms with E-state index in [1.807, 2.05) is 19.6 Å². The van der Waals surface area contributed by atoms with Gasteiger partial charge in [0.25, 0.3) is 32.3 Å². The van der Waals surface area contributed by atoms with E-state index in [9.17, 15) is 43.2 Å². The standard InChI is InChI=1S/C17H55O19Si18/c1-13-28-49(29-14-2,30-15-3)17-16-48(12,26)52(37,27-4)54(33-40-20,46(8,9)25)51(53(43-23,44-24)32-39-19,35-47(10,11)34-45(5,6)7)36-50(41-21,42-22)31-38-18/h18-26H,13-17H2,1-12H3. The van der Waals surface area contributed by atoms with E-state index in [2.05, 4.69) is 9.76 Å². The minimum atomic E-state index is -5.34. The molecule has 0 saturated carbocycles. The summed E-state index contributed by atoms with van der Waals surface area (Å²) < 4.78 is 64.2. The first-order chi connectivity index (χ1) is 24.7. The fraction of sp³-hybridized carbons (Fsp3) is 1.00. The molecule has 37 heteroatoms. The summed E-state index contributed by atoms with van der Waals surface area (Å²) in [6, 6.07) is 0.0418. The van der Waals surface area contributed by atoms with E-state index in [1.54, 1.807) is 40.4 Å². The molecule has 17 radical (unpaired) electrons. The molecule has 0 fully saturated rings. The molecule has 0 rings (SSSR count). The number of hydrogen-bond acceptors (Lipinski definition) is 19. The average Bonchev–Trinajstić information content (AvgIpc) is 3.06. The Morgan fingerprint density at radius 3 is 1.33 bits per heavy atom. The Morgan fingerprint density at radius 1 is 0.574 bits per heavy atom. The summed E-state index contributed by atoms with van der Waals surface area (Å²) >= 11 is 0. The molecule has 4 unspecified atom stereocenters. The fourth-order valence-electron chi connectivity index (χ4n) is 6.13. The monoisotopic (exact) mass is 1070 g/mol. The molecule has 9 N–H and O–H groups in total. The van der Waals surface area contributed by atoms with Gasteiger partial charge in [0.1, 0.15) is 0 Å². The first-order valence-electron chi connectivity index (χ1n) is 16.4. The lowest BCUT2D eigenvalue weighted by atomic mass is 10.9. The van der Waals surface area contributed by atoms with Crippen LogP contribution in [-0.2, 0) is 42.4 Å². The highest BCUT2D eigenvalue weighted by atomic mass is 30.3. The van der Waals surface area contributed by atoms with Gasteiger partial charge in [-0.2, -0.15) is 0 Å². The maximum atomic E-state index is 13.2. The van der Waals surface area contributed by atoms with Gasteiger partial charge in [-0.05, 0) is 79.2 Å². The van der Waals surface area contributed by atoms with Gasteiger partial charge in [0.15, 0.2) is 16.2 Å². The van der Waals surface area contributed by atoms with Crippen LogP contribution >= 0.6 is 0 Å². The van der Waals surface area contributed by atoms with Crippen LogP contribution in [-0.4, -0.2) is 224 Å². The predicted molar refractivity (Wildman–Crippen MR) is 228 cm³/mol. The second kappa shape index (κ2) is 23.5. The zero-order valence-electron chi connectivity index (χ0n) is 32.6. The van der Waals surface area contributed by atoms with Crippen molar-refractivity contribution in [1.29, 1.82) is 0 Å². The molecule has 0 bridgehead atoms. The summed E-state index contributed by atoms with van der Waals surface area (Å²) in [6.07, 6.45) is 0. The second-order valence-electron chi connectivity index (χ2n) is 13.6. The van der Waals surface area contributed by atoms with Crippen LogP contribution in [0, 0.1) is 0 Å². The van der Waals surface area contributed by atoms with E-state index in [0.29, 0.717) is 0 Å². The molecule has 54 heavy (non-hydrogen) atoms. The zero-order valence-corrected chi connectivity index (χ0v) is 50.6. The van der Waals surface area contributed by atoms with Gasteiger partial charge in [0.2, 0.25) is 33.3 Å². The van der Waals surface area contributed by atoms with Gasteiger partial charge < -0.3 is 85.6 Å². The smallest absolute Gasteiger partial charge is 0.437 e. The van der Waals surface area contributed by atoms with Crippen molar-refractivity contribution in [2.24, 2.45) is 0 Å². The van der Waals surface area contributed by atoms with Crippen LogP contribution in [0.25, 0.3) is 0 Å². The molecule has 0 aliphatic heterocycles. The normalized spacial score (nSPS) is 18.6. The third-order valence-corrected chi connectivity index (χ3v) is 148. The lowest BCUT2D eigenvalue weighted by molar-refractivity contribution is 0.0723. The SMILES string of the molecule is CCO[Si](CC[Si](C)(O)[Si]([Si])(OC)[Si](O[Si]O)([Si](C)(C)O)[Si](O[Si](C)(C)O[Si](C)(C)C)(O[Si](O[Si]O)([Si]O)[Si]O)[Si](O[Si]O)([Si]O)[Si]O)(OCC)OCC. The molecular formula is C17H55O19Si18. The van der Waals surface area contributed by atoms with E-state index in [-0.39, 0.29) is 31.9 Å². The fourth-order valence-corrected chi connectivity index (χ4v) is 231. The molecule has 19 nitrogen and oxygen atoms in total. The topological polar surface area (TPSA) is 274 Å². The largest absolute Gasteiger partial charge is 0.500 e. The molecule has 0 aromatic heterocycles. The van der Waals surface area contributed by atoms with Crippen molar-refractivity contribution < 1.29 is 85.6 Å². The second-order valence-corrected chi connectivity index (χ2v) is 95.9. The molecule has 4 atom stereocenters. The maximum absolute atomic E-state index is 13.2. The Labute approximate surface area is 349 Å². The minimum absolute atomic E-state index is 0.0444. The summed E-state index contributed by atoms with van der Waals surface area (Å²) in [5.41, 5.74) is 0. The summed E-state index contributed by atoms with van der Waals surface area (Å²) in [5, 5.41) is 0. The van der Waals surface area contributed by atoms with E-state index >= 15 is 0 Å². The Hall–Kier alpha value is 3.14. The molecule has 309 valence electrons. The van der Waals surface area contributed by atoms with Gasteiger partial charge in [-0.25, -0.2) is 0 Å². The van der Waals surface area contributed by atoms with Crippen LogP contribution in [0.3, 0.4) is 0 Å². The highest BCUT2D eigenvalue weighted by Gasteiger charge is 2.90. The first kappa shape index (κ1) is 57.1. The number of hydrogen-bond donors (Lipinski definition) is 9. The van der Waals surface area contributed by atoms with Crippen molar-refractivity contribution in [3.63, 3.8) is 0 Å². The lowest BCUT2D eigenvalue weighted by Crippen LogP contribution is -3.05. The molecule has 0 aromatic rings.